The van der Waals surface area contributed by atoms with E-state index in [1.165, 1.54) is 12.1 Å². The van der Waals surface area contributed by atoms with Crippen molar-refractivity contribution in [2.24, 2.45) is 0 Å². The number of benzene rings is 2. The number of aliphatic hydroxyl groups is 1. The van der Waals surface area contributed by atoms with Gasteiger partial charge >= 0.3 is 0 Å². The molecular formula is C20H19NO5. The second kappa shape index (κ2) is 6.31. The van der Waals surface area contributed by atoms with Gasteiger partial charge in [0, 0.05) is 53.3 Å². The number of rotatable bonds is 4. The number of allylic oxidation sites excluding steroid dienone is 1. The van der Waals surface area contributed by atoms with Crippen molar-refractivity contribution in [3.63, 3.8) is 0 Å². The first-order valence-electron chi connectivity index (χ1n) is 8.30. The molecule has 0 aliphatic carbocycles. The number of methoxy groups -OCH3 is 1. The van der Waals surface area contributed by atoms with Crippen molar-refractivity contribution in [1.29, 1.82) is 0 Å². The third-order valence-corrected chi connectivity index (χ3v) is 4.54. The molecule has 2 heterocycles. The highest BCUT2D eigenvalue weighted by Gasteiger charge is 2.22. The quantitative estimate of drug-likeness (QED) is 0.671. The zero-order valence-electron chi connectivity index (χ0n) is 14.3. The lowest BCUT2D eigenvalue weighted by Gasteiger charge is -2.03. The normalized spacial score (nSPS) is 14.6. The number of phenols is 2. The van der Waals surface area contributed by atoms with Gasteiger partial charge in [0.2, 0.25) is 0 Å². The molecule has 3 aromatic rings. The van der Waals surface area contributed by atoms with Crippen molar-refractivity contribution in [3.05, 3.63) is 53.4 Å². The Labute approximate surface area is 150 Å². The first-order valence-corrected chi connectivity index (χ1v) is 8.30. The van der Waals surface area contributed by atoms with Crippen LogP contribution < -0.4 is 9.47 Å². The van der Waals surface area contributed by atoms with Gasteiger partial charge in [0.15, 0.2) is 0 Å². The van der Waals surface area contributed by atoms with E-state index in [4.69, 9.17) is 9.47 Å². The van der Waals surface area contributed by atoms with Crippen LogP contribution in [0, 0.1) is 0 Å². The maximum absolute atomic E-state index is 9.99. The van der Waals surface area contributed by atoms with Crippen molar-refractivity contribution < 1.29 is 24.8 Å². The number of hydrogen-bond donors (Lipinski definition) is 3. The molecule has 2 aromatic carbocycles. The molecule has 0 fully saturated rings. The van der Waals surface area contributed by atoms with E-state index in [0.29, 0.717) is 30.0 Å². The molecule has 26 heavy (non-hydrogen) atoms. The smallest absolute Gasteiger partial charge is 0.137 e. The molecule has 0 atom stereocenters. The maximum atomic E-state index is 9.99. The largest absolute Gasteiger partial charge is 0.508 e. The van der Waals surface area contributed by atoms with Crippen LogP contribution in [0.15, 0.2) is 42.3 Å². The number of aromatic hydroxyl groups is 2. The Kier molecular flexibility index (Phi) is 3.97. The van der Waals surface area contributed by atoms with Crippen molar-refractivity contribution in [3.8, 4) is 23.0 Å². The molecule has 134 valence electrons. The first kappa shape index (κ1) is 16.4. The molecule has 0 saturated heterocycles. The molecule has 1 aliphatic rings. The minimum atomic E-state index is -0.0354. The zero-order chi connectivity index (χ0) is 18.3. The third-order valence-electron chi connectivity index (χ3n) is 4.54. The van der Waals surface area contributed by atoms with Crippen molar-refractivity contribution in [2.45, 2.75) is 13.0 Å². The Morgan fingerprint density at radius 3 is 2.85 bits per heavy atom. The summed E-state index contributed by atoms with van der Waals surface area (Å²) in [6, 6.07) is 8.59. The van der Waals surface area contributed by atoms with E-state index in [2.05, 4.69) is 0 Å². The first-order chi connectivity index (χ1) is 12.6. The number of ether oxygens (including phenoxy) is 2. The molecule has 3 N–H and O–H groups in total. The van der Waals surface area contributed by atoms with Gasteiger partial charge in [0.1, 0.15) is 28.8 Å². The molecular weight excluding hydrogens is 334 g/mol. The summed E-state index contributed by atoms with van der Waals surface area (Å²) in [5.74, 6) is 1.87. The minimum absolute atomic E-state index is 0.0211. The standard InChI is InChI=1S/C20H19NO5/c1-25-14-2-3-18-16(9-14)12(11-21(18)4-5-22)6-15-10-17-19(24)7-13(23)8-20(17)26-15/h2-3,6-9,11,22-24H,4-5,10H2,1H3. The highest BCUT2D eigenvalue weighted by molar-refractivity contribution is 5.91. The second-order valence-corrected chi connectivity index (χ2v) is 6.22. The minimum Gasteiger partial charge on any atom is -0.508 e. The Balaban J connectivity index is 1.77. The highest BCUT2D eigenvalue weighted by atomic mass is 16.5. The van der Waals surface area contributed by atoms with Gasteiger partial charge in [-0.2, -0.15) is 0 Å². The number of nitrogens with zero attached hydrogens (tertiary/aromatic N) is 1. The van der Waals surface area contributed by atoms with Gasteiger partial charge in [-0.25, -0.2) is 0 Å². The van der Waals surface area contributed by atoms with Gasteiger partial charge < -0.3 is 29.4 Å². The van der Waals surface area contributed by atoms with E-state index < -0.39 is 0 Å². The number of fused-ring (bicyclic) bond motifs is 2. The van der Waals surface area contributed by atoms with Gasteiger partial charge in [-0.1, -0.05) is 0 Å². The lowest BCUT2D eigenvalue weighted by molar-refractivity contribution is 0.278. The van der Waals surface area contributed by atoms with E-state index in [-0.39, 0.29) is 18.1 Å². The van der Waals surface area contributed by atoms with Gasteiger partial charge in [-0.05, 0) is 24.3 Å². The van der Waals surface area contributed by atoms with Crippen molar-refractivity contribution >= 4 is 17.0 Å². The predicted octanol–water partition coefficient (Wildman–Crippen LogP) is 3.03. The van der Waals surface area contributed by atoms with Crippen molar-refractivity contribution in [1.82, 2.24) is 4.57 Å². The van der Waals surface area contributed by atoms with Crippen LogP contribution in [0.2, 0.25) is 0 Å². The van der Waals surface area contributed by atoms with Crippen LogP contribution in [0.4, 0.5) is 0 Å². The summed E-state index contributed by atoms with van der Waals surface area (Å²) in [7, 11) is 1.62. The summed E-state index contributed by atoms with van der Waals surface area (Å²) < 4.78 is 13.1. The number of aliphatic hydroxyl groups excluding tert-OH is 1. The molecule has 1 aromatic heterocycles. The average molecular weight is 353 g/mol. The number of phenolic OH excluding ortho intramolecular Hbond substituents is 2. The second-order valence-electron chi connectivity index (χ2n) is 6.22. The summed E-state index contributed by atoms with van der Waals surface area (Å²) in [6.45, 7) is 0.530. The molecule has 6 heteroatoms. The number of hydrogen-bond acceptors (Lipinski definition) is 5. The van der Waals surface area contributed by atoms with Crippen LogP contribution in [-0.2, 0) is 13.0 Å². The molecule has 0 radical (unpaired) electrons. The Morgan fingerprint density at radius 1 is 1.23 bits per heavy atom. The van der Waals surface area contributed by atoms with E-state index in [9.17, 15) is 15.3 Å². The predicted molar refractivity (Wildman–Crippen MR) is 97.7 cm³/mol. The molecule has 0 saturated carbocycles. The van der Waals surface area contributed by atoms with Crippen LogP contribution in [0.5, 0.6) is 23.0 Å². The fourth-order valence-electron chi connectivity index (χ4n) is 3.33. The third kappa shape index (κ3) is 2.74. The van der Waals surface area contributed by atoms with Crippen LogP contribution in [0.1, 0.15) is 11.1 Å². The summed E-state index contributed by atoms with van der Waals surface area (Å²) in [6.07, 6.45) is 4.31. The summed E-state index contributed by atoms with van der Waals surface area (Å²) in [5.41, 5.74) is 2.58. The monoisotopic (exact) mass is 353 g/mol. The lowest BCUT2D eigenvalue weighted by atomic mass is 10.1. The lowest BCUT2D eigenvalue weighted by Crippen LogP contribution is -1.99. The summed E-state index contributed by atoms with van der Waals surface area (Å²) >= 11 is 0. The molecule has 0 spiro atoms. The average Bonchev–Trinajstić information content (AvgIpc) is 3.17. The van der Waals surface area contributed by atoms with Crippen LogP contribution >= 0.6 is 0 Å². The fourth-order valence-corrected chi connectivity index (χ4v) is 3.33. The summed E-state index contributed by atoms with van der Waals surface area (Å²) in [4.78, 5) is 0. The fraction of sp³-hybridized carbons (Fsp3) is 0.200. The van der Waals surface area contributed by atoms with Crippen molar-refractivity contribution in [2.75, 3.05) is 13.7 Å². The van der Waals surface area contributed by atoms with Gasteiger partial charge in [-0.15, -0.1) is 0 Å². The molecule has 0 amide bonds. The molecule has 0 unspecified atom stereocenters. The van der Waals surface area contributed by atoms with E-state index >= 15 is 0 Å². The Hall–Kier alpha value is -3.12. The maximum Gasteiger partial charge on any atom is 0.137 e. The highest BCUT2D eigenvalue weighted by Crippen LogP contribution is 2.41. The Bertz CT molecular complexity index is 1020. The SMILES string of the molecule is COc1ccc2c(c1)c(C=C1Cc3c(O)cc(O)cc3O1)cn2CCO. The Morgan fingerprint density at radius 2 is 2.08 bits per heavy atom. The molecule has 0 bridgehead atoms. The molecule has 1 aliphatic heterocycles. The zero-order valence-corrected chi connectivity index (χ0v) is 14.3. The molecule has 4 rings (SSSR count). The molecule has 6 nitrogen and oxygen atoms in total. The van der Waals surface area contributed by atoms with Crippen LogP contribution in [-0.4, -0.2) is 33.6 Å². The topological polar surface area (TPSA) is 84.1 Å². The van der Waals surface area contributed by atoms with Crippen LogP contribution in [0.25, 0.3) is 17.0 Å². The number of aromatic nitrogens is 1. The summed E-state index contributed by atoms with van der Waals surface area (Å²) in [5, 5.41) is 29.9. The van der Waals surface area contributed by atoms with Gasteiger partial charge in [-0.3, -0.25) is 0 Å². The van der Waals surface area contributed by atoms with Gasteiger partial charge in [0.05, 0.1) is 13.7 Å². The van der Waals surface area contributed by atoms with Crippen LogP contribution in [0.3, 0.4) is 0 Å². The van der Waals surface area contributed by atoms with E-state index in [1.54, 1.807) is 7.11 Å². The van der Waals surface area contributed by atoms with E-state index in [0.717, 1.165) is 22.2 Å². The van der Waals surface area contributed by atoms with E-state index in [1.807, 2.05) is 35.0 Å². The van der Waals surface area contributed by atoms with Gasteiger partial charge in [0.25, 0.3) is 0 Å².